The molecular weight excluding hydrogens is 206 g/mol. The van der Waals surface area contributed by atoms with E-state index >= 15 is 0 Å². The Morgan fingerprint density at radius 2 is 2.47 bits per heavy atom. The van der Waals surface area contributed by atoms with E-state index in [2.05, 4.69) is 38.6 Å². The van der Waals surface area contributed by atoms with Crippen molar-refractivity contribution in [3.8, 4) is 0 Å². The highest BCUT2D eigenvalue weighted by Crippen LogP contribution is 2.09. The summed E-state index contributed by atoms with van der Waals surface area (Å²) in [7, 11) is 0. The highest BCUT2D eigenvalue weighted by atomic mass is 32.1. The van der Waals surface area contributed by atoms with Crippen LogP contribution >= 0.6 is 11.3 Å². The lowest BCUT2D eigenvalue weighted by atomic mass is 10.3. The molecule has 0 aliphatic rings. The molecule has 0 fully saturated rings. The van der Waals surface area contributed by atoms with E-state index in [0.29, 0.717) is 0 Å². The van der Waals surface area contributed by atoms with Crippen molar-refractivity contribution in [2.24, 2.45) is 0 Å². The number of hydrogen-bond donors (Lipinski definition) is 1. The van der Waals surface area contributed by atoms with Crippen LogP contribution in [-0.2, 0) is 13.1 Å². The summed E-state index contributed by atoms with van der Waals surface area (Å²) < 4.78 is 2.19. The molecule has 0 unspecified atom stereocenters. The van der Waals surface area contributed by atoms with Gasteiger partial charge in [-0.15, -0.1) is 0 Å². The Morgan fingerprint density at radius 1 is 1.53 bits per heavy atom. The van der Waals surface area contributed by atoms with Gasteiger partial charge in [0.15, 0.2) is 0 Å². The predicted octanol–water partition coefficient (Wildman–Crippen LogP) is 2.10. The summed E-state index contributed by atoms with van der Waals surface area (Å²) in [6.07, 6.45) is 3.82. The Morgan fingerprint density at radius 3 is 3.20 bits per heavy atom. The lowest BCUT2D eigenvalue weighted by Gasteiger charge is -2.06. The molecule has 4 heteroatoms. The van der Waals surface area contributed by atoms with Crippen molar-refractivity contribution < 1.29 is 0 Å². The Bertz CT molecular complexity index is 392. The van der Waals surface area contributed by atoms with Gasteiger partial charge < -0.3 is 9.88 Å². The van der Waals surface area contributed by atoms with Gasteiger partial charge in [-0.3, -0.25) is 0 Å². The normalized spacial score (nSPS) is 10.7. The van der Waals surface area contributed by atoms with Crippen LogP contribution in [0.1, 0.15) is 18.2 Å². The maximum Gasteiger partial charge on any atom is 0.0951 e. The summed E-state index contributed by atoms with van der Waals surface area (Å²) in [6.45, 7) is 4.91. The zero-order valence-electron chi connectivity index (χ0n) is 8.81. The summed E-state index contributed by atoms with van der Waals surface area (Å²) in [5.41, 5.74) is 2.58. The first-order chi connectivity index (χ1) is 7.40. The van der Waals surface area contributed by atoms with Crippen LogP contribution in [-0.4, -0.2) is 16.1 Å². The smallest absolute Gasteiger partial charge is 0.0951 e. The van der Waals surface area contributed by atoms with Crippen molar-refractivity contribution in [3.63, 3.8) is 0 Å². The quantitative estimate of drug-likeness (QED) is 0.838. The molecule has 1 N–H and O–H groups in total. The van der Waals surface area contributed by atoms with Crippen LogP contribution in [0.5, 0.6) is 0 Å². The van der Waals surface area contributed by atoms with Crippen LogP contribution in [0, 0.1) is 0 Å². The summed E-state index contributed by atoms with van der Waals surface area (Å²) in [5.74, 6) is 0. The molecule has 15 heavy (non-hydrogen) atoms. The fourth-order valence-corrected chi connectivity index (χ4v) is 2.13. The van der Waals surface area contributed by atoms with Crippen molar-refractivity contribution >= 4 is 11.3 Å². The standard InChI is InChI=1S/C11H15N3S/c1-2-12-5-11-6-13-9-14(11)7-10-3-4-15-8-10/h3-4,6,8-9,12H,2,5,7H2,1H3. The van der Waals surface area contributed by atoms with Crippen LogP contribution < -0.4 is 5.32 Å². The molecule has 0 aliphatic carbocycles. The lowest BCUT2D eigenvalue weighted by Crippen LogP contribution is -2.15. The number of thiophene rings is 1. The maximum absolute atomic E-state index is 4.18. The zero-order valence-corrected chi connectivity index (χ0v) is 9.63. The molecule has 0 aromatic carbocycles. The van der Waals surface area contributed by atoms with Crippen molar-refractivity contribution in [2.75, 3.05) is 6.54 Å². The number of aromatic nitrogens is 2. The lowest BCUT2D eigenvalue weighted by molar-refractivity contribution is 0.657. The van der Waals surface area contributed by atoms with E-state index in [1.54, 1.807) is 11.3 Å². The number of imidazole rings is 1. The third-order valence-corrected chi connectivity index (χ3v) is 3.02. The second-order valence-corrected chi connectivity index (χ2v) is 4.20. The van der Waals surface area contributed by atoms with Crippen molar-refractivity contribution in [3.05, 3.63) is 40.6 Å². The average molecular weight is 221 g/mol. The largest absolute Gasteiger partial charge is 0.329 e. The van der Waals surface area contributed by atoms with Crippen LogP contribution in [0.15, 0.2) is 29.4 Å². The van der Waals surface area contributed by atoms with E-state index in [1.807, 2.05) is 12.5 Å². The van der Waals surface area contributed by atoms with E-state index in [0.717, 1.165) is 19.6 Å². The summed E-state index contributed by atoms with van der Waals surface area (Å²) >= 11 is 1.74. The summed E-state index contributed by atoms with van der Waals surface area (Å²) in [5, 5.41) is 7.60. The number of hydrogen-bond acceptors (Lipinski definition) is 3. The second-order valence-electron chi connectivity index (χ2n) is 3.42. The van der Waals surface area contributed by atoms with E-state index in [4.69, 9.17) is 0 Å². The molecule has 2 aromatic heterocycles. The molecule has 0 atom stereocenters. The molecule has 3 nitrogen and oxygen atoms in total. The first kappa shape index (κ1) is 10.4. The molecule has 80 valence electrons. The molecule has 0 aliphatic heterocycles. The van der Waals surface area contributed by atoms with Gasteiger partial charge in [0.2, 0.25) is 0 Å². The van der Waals surface area contributed by atoms with Gasteiger partial charge in [0.25, 0.3) is 0 Å². The van der Waals surface area contributed by atoms with Crippen LogP contribution in [0.2, 0.25) is 0 Å². The van der Waals surface area contributed by atoms with E-state index in [1.165, 1.54) is 11.3 Å². The van der Waals surface area contributed by atoms with Gasteiger partial charge in [-0.25, -0.2) is 4.98 Å². The average Bonchev–Trinajstić information content (AvgIpc) is 2.87. The predicted molar refractivity (Wildman–Crippen MR) is 63.0 cm³/mol. The molecule has 2 heterocycles. The monoisotopic (exact) mass is 221 g/mol. The van der Waals surface area contributed by atoms with E-state index in [9.17, 15) is 0 Å². The van der Waals surface area contributed by atoms with E-state index < -0.39 is 0 Å². The molecule has 0 bridgehead atoms. The van der Waals surface area contributed by atoms with Crippen molar-refractivity contribution in [1.29, 1.82) is 0 Å². The van der Waals surface area contributed by atoms with Gasteiger partial charge in [0.1, 0.15) is 0 Å². The summed E-state index contributed by atoms with van der Waals surface area (Å²) in [6, 6.07) is 2.15. The molecule has 0 saturated carbocycles. The Hall–Kier alpha value is -1.13. The van der Waals surface area contributed by atoms with Crippen LogP contribution in [0.4, 0.5) is 0 Å². The van der Waals surface area contributed by atoms with E-state index in [-0.39, 0.29) is 0 Å². The topological polar surface area (TPSA) is 29.9 Å². The molecule has 0 spiro atoms. The summed E-state index contributed by atoms with van der Waals surface area (Å²) in [4.78, 5) is 4.18. The third kappa shape index (κ3) is 2.67. The fraction of sp³-hybridized carbons (Fsp3) is 0.364. The first-order valence-electron chi connectivity index (χ1n) is 5.11. The molecule has 0 radical (unpaired) electrons. The molecule has 0 saturated heterocycles. The molecule has 0 amide bonds. The zero-order chi connectivity index (χ0) is 10.5. The number of nitrogens with one attached hydrogen (secondary N) is 1. The first-order valence-corrected chi connectivity index (χ1v) is 6.05. The van der Waals surface area contributed by atoms with Crippen LogP contribution in [0.25, 0.3) is 0 Å². The van der Waals surface area contributed by atoms with Gasteiger partial charge >= 0.3 is 0 Å². The minimum absolute atomic E-state index is 0.890. The van der Waals surface area contributed by atoms with Gasteiger partial charge in [-0.05, 0) is 28.9 Å². The van der Waals surface area contributed by atoms with Crippen molar-refractivity contribution in [2.45, 2.75) is 20.0 Å². The minimum atomic E-state index is 0.890. The molecular formula is C11H15N3S. The third-order valence-electron chi connectivity index (χ3n) is 2.29. The van der Waals surface area contributed by atoms with Crippen molar-refractivity contribution in [1.82, 2.24) is 14.9 Å². The molecule has 2 rings (SSSR count). The van der Waals surface area contributed by atoms with Gasteiger partial charge in [0, 0.05) is 19.3 Å². The van der Waals surface area contributed by atoms with Gasteiger partial charge in [-0.2, -0.15) is 11.3 Å². The highest BCUT2D eigenvalue weighted by Gasteiger charge is 2.02. The molecule has 2 aromatic rings. The Labute approximate surface area is 93.8 Å². The SMILES string of the molecule is CCNCc1cncn1Cc1ccsc1. The minimum Gasteiger partial charge on any atom is -0.329 e. The number of nitrogens with zero attached hydrogens (tertiary/aromatic N) is 2. The second kappa shape index (κ2) is 5.09. The fourth-order valence-electron chi connectivity index (χ4n) is 1.47. The van der Waals surface area contributed by atoms with Crippen LogP contribution in [0.3, 0.4) is 0 Å². The number of rotatable bonds is 5. The highest BCUT2D eigenvalue weighted by molar-refractivity contribution is 7.07. The Balaban J connectivity index is 2.04. The van der Waals surface area contributed by atoms with Gasteiger partial charge in [0.05, 0.1) is 12.0 Å². The maximum atomic E-state index is 4.18. The van der Waals surface area contributed by atoms with Gasteiger partial charge in [-0.1, -0.05) is 6.92 Å². The Kier molecular flexibility index (Phi) is 3.53.